The molecule has 0 aliphatic carbocycles. The van der Waals surface area contributed by atoms with Crippen LogP contribution < -0.4 is 10.6 Å². The highest BCUT2D eigenvalue weighted by Crippen LogP contribution is 2.11. The maximum atomic E-state index is 5.39. The zero-order valence-corrected chi connectivity index (χ0v) is 12.0. The third kappa shape index (κ3) is 6.35. The fourth-order valence-corrected chi connectivity index (χ4v) is 1.51. The largest absolute Gasteiger partial charge is 0.382 e. The Morgan fingerprint density at radius 1 is 1.16 bits per heavy atom. The predicted molar refractivity (Wildman–Crippen MR) is 76.8 cm³/mol. The average molecular weight is 268 g/mol. The molecule has 2 N–H and O–H groups in total. The molecule has 6 heteroatoms. The fraction of sp³-hybridized carbons (Fsp3) is 0.692. The predicted octanol–water partition coefficient (Wildman–Crippen LogP) is 1.55. The highest BCUT2D eigenvalue weighted by atomic mass is 16.5. The Kier molecular flexibility index (Phi) is 7.84. The SMILES string of the molecule is CCc1nc(NC)cc(NCCCOCCOC)n1. The van der Waals surface area contributed by atoms with Gasteiger partial charge in [-0.2, -0.15) is 0 Å². The van der Waals surface area contributed by atoms with Crippen molar-refractivity contribution in [2.24, 2.45) is 0 Å². The summed E-state index contributed by atoms with van der Waals surface area (Å²) in [4.78, 5) is 8.77. The summed E-state index contributed by atoms with van der Waals surface area (Å²) in [6.07, 6.45) is 1.76. The van der Waals surface area contributed by atoms with Gasteiger partial charge in [-0.15, -0.1) is 0 Å². The van der Waals surface area contributed by atoms with Crippen molar-refractivity contribution in [2.45, 2.75) is 19.8 Å². The molecular weight excluding hydrogens is 244 g/mol. The summed E-state index contributed by atoms with van der Waals surface area (Å²) in [5.41, 5.74) is 0. The lowest BCUT2D eigenvalue weighted by molar-refractivity contribution is 0.0705. The number of hydrogen-bond donors (Lipinski definition) is 2. The van der Waals surface area contributed by atoms with E-state index in [1.807, 2.05) is 20.0 Å². The van der Waals surface area contributed by atoms with E-state index in [-0.39, 0.29) is 0 Å². The molecule has 0 unspecified atom stereocenters. The molecule has 108 valence electrons. The third-order valence-electron chi connectivity index (χ3n) is 2.55. The normalized spacial score (nSPS) is 10.5. The zero-order chi connectivity index (χ0) is 13.9. The molecule has 0 aliphatic rings. The molecule has 0 spiro atoms. The smallest absolute Gasteiger partial charge is 0.132 e. The second kappa shape index (κ2) is 9.52. The molecule has 1 aromatic heterocycles. The zero-order valence-electron chi connectivity index (χ0n) is 12.0. The number of methoxy groups -OCH3 is 1. The lowest BCUT2D eigenvalue weighted by atomic mass is 10.4. The number of aromatic nitrogens is 2. The van der Waals surface area contributed by atoms with E-state index in [9.17, 15) is 0 Å². The number of nitrogens with zero attached hydrogens (tertiary/aromatic N) is 2. The monoisotopic (exact) mass is 268 g/mol. The van der Waals surface area contributed by atoms with Crippen molar-refractivity contribution >= 4 is 11.6 Å². The Morgan fingerprint density at radius 2 is 1.95 bits per heavy atom. The van der Waals surface area contributed by atoms with Crippen LogP contribution in [0.2, 0.25) is 0 Å². The minimum Gasteiger partial charge on any atom is -0.382 e. The summed E-state index contributed by atoms with van der Waals surface area (Å²) in [6.45, 7) is 4.89. The average Bonchev–Trinajstić information content (AvgIpc) is 2.45. The third-order valence-corrected chi connectivity index (χ3v) is 2.55. The molecule has 0 saturated heterocycles. The molecule has 0 saturated carbocycles. The van der Waals surface area contributed by atoms with Crippen molar-refractivity contribution in [3.05, 3.63) is 11.9 Å². The number of nitrogens with one attached hydrogen (secondary N) is 2. The first-order valence-electron chi connectivity index (χ1n) is 6.66. The summed E-state index contributed by atoms with van der Waals surface area (Å²) in [5, 5.41) is 6.32. The lowest BCUT2D eigenvalue weighted by Crippen LogP contribution is -2.10. The van der Waals surface area contributed by atoms with Gasteiger partial charge in [0, 0.05) is 39.8 Å². The van der Waals surface area contributed by atoms with E-state index in [2.05, 4.69) is 20.6 Å². The summed E-state index contributed by atoms with van der Waals surface area (Å²) in [7, 11) is 3.53. The Hall–Kier alpha value is -1.40. The first kappa shape index (κ1) is 15.7. The van der Waals surface area contributed by atoms with Crippen LogP contribution >= 0.6 is 0 Å². The Balaban J connectivity index is 2.28. The van der Waals surface area contributed by atoms with Crippen molar-refractivity contribution in [1.82, 2.24) is 9.97 Å². The van der Waals surface area contributed by atoms with Gasteiger partial charge in [0.1, 0.15) is 17.5 Å². The second-order valence-electron chi connectivity index (χ2n) is 4.04. The molecule has 1 heterocycles. The van der Waals surface area contributed by atoms with Crippen molar-refractivity contribution in [2.75, 3.05) is 51.2 Å². The quantitative estimate of drug-likeness (QED) is 0.627. The number of rotatable bonds is 10. The number of anilines is 2. The second-order valence-corrected chi connectivity index (χ2v) is 4.04. The molecule has 0 bridgehead atoms. The molecule has 0 fully saturated rings. The molecule has 6 nitrogen and oxygen atoms in total. The number of hydrogen-bond acceptors (Lipinski definition) is 6. The standard InChI is InChI=1S/C13H24N4O2/c1-4-11-16-12(14-2)10-13(17-11)15-6-5-7-19-9-8-18-3/h10H,4-9H2,1-3H3,(H2,14,15,16,17). The topological polar surface area (TPSA) is 68.3 Å². The molecule has 0 atom stereocenters. The summed E-state index contributed by atoms with van der Waals surface area (Å²) >= 11 is 0. The van der Waals surface area contributed by atoms with Gasteiger partial charge in [-0.3, -0.25) is 0 Å². The van der Waals surface area contributed by atoms with Crippen LogP contribution in [0, 0.1) is 0 Å². The Morgan fingerprint density at radius 3 is 2.63 bits per heavy atom. The minimum atomic E-state index is 0.644. The van der Waals surface area contributed by atoms with Crippen molar-refractivity contribution in [3.63, 3.8) is 0 Å². The molecule has 0 aliphatic heterocycles. The maximum absolute atomic E-state index is 5.39. The van der Waals surface area contributed by atoms with Gasteiger partial charge in [0.25, 0.3) is 0 Å². The van der Waals surface area contributed by atoms with Gasteiger partial charge in [0.2, 0.25) is 0 Å². The number of aryl methyl sites for hydroxylation is 1. The Bertz CT molecular complexity index is 338. The summed E-state index contributed by atoms with van der Waals surface area (Å²) < 4.78 is 10.3. The molecule has 0 aromatic carbocycles. The van der Waals surface area contributed by atoms with E-state index in [0.29, 0.717) is 13.2 Å². The molecule has 0 amide bonds. The van der Waals surface area contributed by atoms with Gasteiger partial charge in [-0.25, -0.2) is 9.97 Å². The molecular formula is C13H24N4O2. The van der Waals surface area contributed by atoms with Crippen molar-refractivity contribution in [3.8, 4) is 0 Å². The van der Waals surface area contributed by atoms with Crippen molar-refractivity contribution < 1.29 is 9.47 Å². The maximum Gasteiger partial charge on any atom is 0.132 e. The molecule has 1 rings (SSSR count). The molecule has 19 heavy (non-hydrogen) atoms. The van der Waals surface area contributed by atoms with Gasteiger partial charge >= 0.3 is 0 Å². The van der Waals surface area contributed by atoms with E-state index in [0.717, 1.165) is 43.5 Å². The first-order valence-corrected chi connectivity index (χ1v) is 6.66. The van der Waals surface area contributed by atoms with Crippen LogP contribution in [0.4, 0.5) is 11.6 Å². The highest BCUT2D eigenvalue weighted by molar-refractivity contribution is 5.47. The van der Waals surface area contributed by atoms with Gasteiger partial charge < -0.3 is 20.1 Å². The van der Waals surface area contributed by atoms with Crippen LogP contribution in [0.5, 0.6) is 0 Å². The van der Waals surface area contributed by atoms with E-state index < -0.39 is 0 Å². The van der Waals surface area contributed by atoms with Crippen LogP contribution in [0.3, 0.4) is 0 Å². The highest BCUT2D eigenvalue weighted by Gasteiger charge is 2.01. The van der Waals surface area contributed by atoms with Crippen LogP contribution in [0.1, 0.15) is 19.2 Å². The first-order chi connectivity index (χ1) is 9.30. The van der Waals surface area contributed by atoms with Gasteiger partial charge in [-0.05, 0) is 6.42 Å². The van der Waals surface area contributed by atoms with E-state index >= 15 is 0 Å². The number of ether oxygens (including phenoxy) is 2. The van der Waals surface area contributed by atoms with E-state index in [1.165, 1.54) is 0 Å². The van der Waals surface area contributed by atoms with Gasteiger partial charge in [0.05, 0.1) is 13.2 Å². The van der Waals surface area contributed by atoms with Gasteiger partial charge in [-0.1, -0.05) is 6.92 Å². The Labute approximate surface area is 114 Å². The van der Waals surface area contributed by atoms with Crippen LogP contribution in [0.25, 0.3) is 0 Å². The summed E-state index contributed by atoms with van der Waals surface area (Å²) in [6, 6.07) is 1.91. The fourth-order valence-electron chi connectivity index (χ4n) is 1.51. The molecule has 0 radical (unpaired) electrons. The van der Waals surface area contributed by atoms with Crippen LogP contribution in [-0.2, 0) is 15.9 Å². The molecule has 1 aromatic rings. The van der Waals surface area contributed by atoms with Crippen LogP contribution in [0.15, 0.2) is 6.07 Å². The van der Waals surface area contributed by atoms with E-state index in [1.54, 1.807) is 7.11 Å². The summed E-state index contributed by atoms with van der Waals surface area (Å²) in [5.74, 6) is 2.53. The lowest BCUT2D eigenvalue weighted by Gasteiger charge is -2.09. The van der Waals surface area contributed by atoms with Gasteiger partial charge in [0.15, 0.2) is 0 Å². The van der Waals surface area contributed by atoms with Crippen LogP contribution in [-0.4, -0.2) is 50.5 Å². The minimum absolute atomic E-state index is 0.644. The van der Waals surface area contributed by atoms with E-state index in [4.69, 9.17) is 9.47 Å². The van der Waals surface area contributed by atoms with Crippen molar-refractivity contribution in [1.29, 1.82) is 0 Å².